The second kappa shape index (κ2) is 4.48. The molecule has 0 saturated carbocycles. The quantitative estimate of drug-likeness (QED) is 0.592. The van der Waals surface area contributed by atoms with Gasteiger partial charge in [-0.05, 0) is 12.1 Å². The van der Waals surface area contributed by atoms with E-state index in [1.54, 1.807) is 0 Å². The minimum Gasteiger partial charge on any atom is -0.497 e. The van der Waals surface area contributed by atoms with Crippen LogP contribution in [-0.4, -0.2) is 28.6 Å². The molecule has 0 radical (unpaired) electrons. The molecule has 7 heteroatoms. The number of rotatable bonds is 3. The predicted octanol–water partition coefficient (Wildman–Crippen LogP) is 1.14. The molecule has 1 aromatic carbocycles. The smallest absolute Gasteiger partial charge is 0.339 e. The van der Waals surface area contributed by atoms with Gasteiger partial charge in [-0.1, -0.05) is 0 Å². The van der Waals surface area contributed by atoms with Crippen LogP contribution in [0.25, 0.3) is 0 Å². The van der Waals surface area contributed by atoms with Gasteiger partial charge in [0.25, 0.3) is 0 Å². The molecule has 0 fully saturated rings. The molecule has 0 amide bonds. The highest BCUT2D eigenvalue weighted by molar-refractivity contribution is 7.86. The molecule has 5 nitrogen and oxygen atoms in total. The molecule has 0 heterocycles. The largest absolute Gasteiger partial charge is 0.497 e. The van der Waals surface area contributed by atoms with Crippen molar-refractivity contribution in [1.82, 2.24) is 0 Å². The summed E-state index contributed by atoms with van der Waals surface area (Å²) in [5.74, 6) is -0.803. The zero-order valence-corrected chi connectivity index (χ0v) is 9.38. The van der Waals surface area contributed by atoms with Crippen molar-refractivity contribution in [3.8, 4) is 5.75 Å². The summed E-state index contributed by atoms with van der Waals surface area (Å²) < 4.78 is 43.6. The number of halogens is 1. The van der Waals surface area contributed by atoms with Crippen LogP contribution in [0.1, 0.15) is 10.4 Å². The van der Waals surface area contributed by atoms with Gasteiger partial charge in [-0.25, -0.2) is 4.79 Å². The first kappa shape index (κ1) is 12.4. The lowest BCUT2D eigenvalue weighted by Crippen LogP contribution is -2.08. The highest BCUT2D eigenvalue weighted by atomic mass is 32.3. The first-order chi connectivity index (χ1) is 7.40. The molecule has 0 unspecified atom stereocenters. The number of carbonyl (C=O) groups is 1. The minimum atomic E-state index is -5.00. The van der Waals surface area contributed by atoms with E-state index in [-0.39, 0.29) is 11.3 Å². The predicted molar refractivity (Wildman–Crippen MR) is 52.6 cm³/mol. The van der Waals surface area contributed by atoms with E-state index in [9.17, 15) is 17.1 Å². The van der Waals surface area contributed by atoms with E-state index in [0.29, 0.717) is 0 Å². The van der Waals surface area contributed by atoms with Crippen molar-refractivity contribution in [3.63, 3.8) is 0 Å². The summed E-state index contributed by atoms with van der Waals surface area (Å²) in [7, 11) is -2.64. The number of carbonyl (C=O) groups excluding carboxylic acids is 1. The lowest BCUT2D eigenvalue weighted by Gasteiger charge is -2.06. The molecule has 0 atom stereocenters. The van der Waals surface area contributed by atoms with Gasteiger partial charge in [0.15, 0.2) is 0 Å². The Balaban J connectivity index is 3.45. The van der Waals surface area contributed by atoms with Crippen LogP contribution in [0.2, 0.25) is 0 Å². The van der Waals surface area contributed by atoms with E-state index in [2.05, 4.69) is 4.74 Å². The fraction of sp³-hybridized carbons (Fsp3) is 0.222. The van der Waals surface area contributed by atoms with Crippen LogP contribution < -0.4 is 4.74 Å². The SMILES string of the molecule is COC(=O)c1ccc(OC)cc1S(=O)(=O)F. The summed E-state index contributed by atoms with van der Waals surface area (Å²) in [6, 6.07) is 3.37. The number of ether oxygens (including phenoxy) is 2. The Morgan fingerprint density at radius 1 is 1.31 bits per heavy atom. The Kier molecular flexibility index (Phi) is 3.48. The topological polar surface area (TPSA) is 69.7 Å². The first-order valence-corrected chi connectivity index (χ1v) is 5.49. The standard InChI is InChI=1S/C9H9FO5S/c1-14-6-3-4-7(9(11)15-2)8(5-6)16(10,12)13/h3-5H,1-2H3. The zero-order chi connectivity index (χ0) is 12.3. The van der Waals surface area contributed by atoms with Crippen LogP contribution in [0.5, 0.6) is 5.75 Å². The van der Waals surface area contributed by atoms with Crippen molar-refractivity contribution in [2.45, 2.75) is 4.90 Å². The number of hydrogen-bond acceptors (Lipinski definition) is 5. The van der Waals surface area contributed by atoms with Crippen molar-refractivity contribution >= 4 is 16.2 Å². The normalized spacial score (nSPS) is 10.9. The summed E-state index contributed by atoms with van der Waals surface area (Å²) >= 11 is 0. The lowest BCUT2D eigenvalue weighted by atomic mass is 10.2. The van der Waals surface area contributed by atoms with Crippen LogP contribution in [0.3, 0.4) is 0 Å². The summed E-state index contributed by atoms with van der Waals surface area (Å²) in [5, 5.41) is 0. The summed E-state index contributed by atoms with van der Waals surface area (Å²) in [6.45, 7) is 0. The third-order valence-corrected chi connectivity index (χ3v) is 2.72. The molecule has 0 bridgehead atoms. The lowest BCUT2D eigenvalue weighted by molar-refractivity contribution is 0.0596. The maximum atomic E-state index is 12.9. The second-order valence-electron chi connectivity index (χ2n) is 2.79. The molecule has 0 saturated heterocycles. The van der Waals surface area contributed by atoms with Crippen molar-refractivity contribution in [1.29, 1.82) is 0 Å². The monoisotopic (exact) mass is 248 g/mol. The Labute approximate surface area is 92.0 Å². The van der Waals surface area contributed by atoms with Crippen molar-refractivity contribution < 1.29 is 26.6 Å². The highest BCUT2D eigenvalue weighted by Gasteiger charge is 2.23. The minimum absolute atomic E-state index is 0.129. The maximum absolute atomic E-state index is 12.9. The average Bonchev–Trinajstić information content (AvgIpc) is 2.26. The third kappa shape index (κ3) is 2.48. The molecule has 1 aromatic rings. The van der Waals surface area contributed by atoms with E-state index in [1.165, 1.54) is 13.2 Å². The van der Waals surface area contributed by atoms with Gasteiger partial charge in [-0.3, -0.25) is 0 Å². The van der Waals surface area contributed by atoms with Gasteiger partial charge in [-0.15, -0.1) is 3.89 Å². The second-order valence-corrected chi connectivity index (χ2v) is 4.11. The number of benzene rings is 1. The highest BCUT2D eigenvalue weighted by Crippen LogP contribution is 2.24. The summed E-state index contributed by atoms with van der Waals surface area (Å²) in [5.41, 5.74) is -0.370. The molecule has 88 valence electrons. The Hall–Kier alpha value is -1.63. The zero-order valence-electron chi connectivity index (χ0n) is 8.56. The molecule has 0 spiro atoms. The molecule has 0 aliphatic heterocycles. The fourth-order valence-electron chi connectivity index (χ4n) is 1.11. The van der Waals surface area contributed by atoms with E-state index in [0.717, 1.165) is 19.2 Å². The van der Waals surface area contributed by atoms with Crippen molar-refractivity contribution in [2.24, 2.45) is 0 Å². The van der Waals surface area contributed by atoms with Crippen molar-refractivity contribution in [2.75, 3.05) is 14.2 Å². The Morgan fingerprint density at radius 3 is 2.38 bits per heavy atom. The molecule has 0 aromatic heterocycles. The van der Waals surface area contributed by atoms with Gasteiger partial charge < -0.3 is 9.47 Å². The van der Waals surface area contributed by atoms with Gasteiger partial charge in [0, 0.05) is 6.07 Å². The van der Waals surface area contributed by atoms with Gasteiger partial charge in [0.1, 0.15) is 10.6 Å². The Bertz CT molecular complexity index is 509. The van der Waals surface area contributed by atoms with Crippen LogP contribution >= 0.6 is 0 Å². The molecule has 0 aliphatic carbocycles. The van der Waals surface area contributed by atoms with Crippen LogP contribution in [0, 0.1) is 0 Å². The molecule has 0 aliphatic rings. The number of esters is 1. The van der Waals surface area contributed by atoms with E-state index < -0.39 is 21.1 Å². The van der Waals surface area contributed by atoms with Crippen LogP contribution in [-0.2, 0) is 15.0 Å². The molecular formula is C9H9FO5S. The van der Waals surface area contributed by atoms with Crippen molar-refractivity contribution in [3.05, 3.63) is 23.8 Å². The first-order valence-electron chi connectivity index (χ1n) is 4.11. The maximum Gasteiger partial charge on any atom is 0.339 e. The molecule has 16 heavy (non-hydrogen) atoms. The molecule has 1 rings (SSSR count). The van der Waals surface area contributed by atoms with E-state index in [1.807, 2.05) is 0 Å². The molecule has 0 N–H and O–H groups in total. The van der Waals surface area contributed by atoms with E-state index in [4.69, 9.17) is 4.74 Å². The van der Waals surface area contributed by atoms with Crippen LogP contribution in [0.4, 0.5) is 3.89 Å². The van der Waals surface area contributed by atoms with Gasteiger partial charge in [0.2, 0.25) is 0 Å². The number of methoxy groups -OCH3 is 2. The Morgan fingerprint density at radius 2 is 1.94 bits per heavy atom. The molecular weight excluding hydrogens is 239 g/mol. The number of hydrogen-bond donors (Lipinski definition) is 0. The third-order valence-electron chi connectivity index (χ3n) is 1.86. The fourth-order valence-corrected chi connectivity index (χ4v) is 1.78. The van der Waals surface area contributed by atoms with E-state index >= 15 is 0 Å². The summed E-state index contributed by atoms with van der Waals surface area (Å²) in [6.07, 6.45) is 0. The van der Waals surface area contributed by atoms with Crippen LogP contribution in [0.15, 0.2) is 23.1 Å². The van der Waals surface area contributed by atoms with Gasteiger partial charge in [-0.2, -0.15) is 8.42 Å². The summed E-state index contributed by atoms with van der Waals surface area (Å²) in [4.78, 5) is 10.4. The van der Waals surface area contributed by atoms with Gasteiger partial charge >= 0.3 is 16.2 Å². The van der Waals surface area contributed by atoms with Gasteiger partial charge in [0.05, 0.1) is 19.8 Å². The average molecular weight is 248 g/mol.